The van der Waals surface area contributed by atoms with Gasteiger partial charge in [0.05, 0.1) is 19.1 Å². The standard InChI is InChI=1S/C39H56N6O9/c1-5-10-31(35(49)38(52)42-27-15-16-27)43-37(51)32-20-29(54-39(53)44-18-17-25-11-6-7-12-26(25)22-44)23-45(32)34(48)21-41-36(50)30(24(2)3)19-28(46)13-8-9-14-33(47)40-4/h6-7,11-12,24,27,29-32H,5,8-10,13-23H2,1-4H3,(H,40,47)(H,41,50)(H,42,52)(H,43,51)/t29?,30-,31?,32?/m0/s1. The minimum absolute atomic E-state index is 0.0213. The zero-order valence-electron chi connectivity index (χ0n) is 31.9. The summed E-state index contributed by atoms with van der Waals surface area (Å²) in [5, 5.41) is 10.5. The molecule has 0 radical (unpaired) electrons. The number of nitrogens with one attached hydrogen (secondary N) is 4. The Morgan fingerprint density at radius 2 is 1.67 bits per heavy atom. The van der Waals surface area contributed by atoms with Crippen LogP contribution < -0.4 is 21.3 Å². The van der Waals surface area contributed by atoms with Crippen LogP contribution in [0.2, 0.25) is 0 Å². The van der Waals surface area contributed by atoms with Gasteiger partial charge in [-0.2, -0.15) is 0 Å². The lowest BCUT2D eigenvalue weighted by Crippen LogP contribution is -2.54. The second-order valence-electron chi connectivity index (χ2n) is 14.9. The van der Waals surface area contributed by atoms with Crippen molar-refractivity contribution in [3.8, 4) is 0 Å². The van der Waals surface area contributed by atoms with Crippen LogP contribution in [0.3, 0.4) is 0 Å². The quantitative estimate of drug-likeness (QED) is 0.120. The molecular weight excluding hydrogens is 696 g/mol. The summed E-state index contributed by atoms with van der Waals surface area (Å²) < 4.78 is 5.85. The third-order valence-electron chi connectivity index (χ3n) is 10.3. The zero-order valence-corrected chi connectivity index (χ0v) is 31.9. The lowest BCUT2D eigenvalue weighted by Gasteiger charge is -2.29. The highest BCUT2D eigenvalue weighted by atomic mass is 16.6. The Bertz CT molecular complexity index is 1560. The van der Waals surface area contributed by atoms with E-state index in [1.54, 1.807) is 11.9 Å². The fourth-order valence-electron chi connectivity index (χ4n) is 6.85. The van der Waals surface area contributed by atoms with Gasteiger partial charge in [0, 0.05) is 57.8 Å². The molecule has 1 aliphatic carbocycles. The van der Waals surface area contributed by atoms with Crippen molar-refractivity contribution in [2.24, 2.45) is 11.8 Å². The average Bonchev–Trinajstić information content (AvgIpc) is 3.88. The van der Waals surface area contributed by atoms with Crippen molar-refractivity contribution in [2.45, 2.75) is 122 Å². The first kappa shape index (κ1) is 41.9. The summed E-state index contributed by atoms with van der Waals surface area (Å²) >= 11 is 0. The first-order chi connectivity index (χ1) is 25.8. The van der Waals surface area contributed by atoms with E-state index in [1.807, 2.05) is 45.0 Å². The predicted octanol–water partition coefficient (Wildman–Crippen LogP) is 1.94. The third kappa shape index (κ3) is 12.1. The van der Waals surface area contributed by atoms with Gasteiger partial charge in [-0.05, 0) is 55.6 Å². The summed E-state index contributed by atoms with van der Waals surface area (Å²) in [4.78, 5) is 107. The highest BCUT2D eigenvalue weighted by Gasteiger charge is 2.43. The number of carbonyl (C=O) groups is 8. The highest BCUT2D eigenvalue weighted by Crippen LogP contribution is 2.25. The predicted molar refractivity (Wildman–Crippen MR) is 197 cm³/mol. The van der Waals surface area contributed by atoms with Gasteiger partial charge in [-0.3, -0.25) is 33.6 Å². The highest BCUT2D eigenvalue weighted by molar-refractivity contribution is 6.38. The fraction of sp³-hybridized carbons (Fsp3) is 0.641. The molecule has 2 fully saturated rings. The molecule has 15 nitrogen and oxygen atoms in total. The summed E-state index contributed by atoms with van der Waals surface area (Å²) in [5.41, 5.74) is 2.17. The van der Waals surface area contributed by atoms with Gasteiger partial charge in [-0.1, -0.05) is 51.5 Å². The molecule has 1 aromatic rings. The number of fused-ring (bicyclic) bond motifs is 1. The molecule has 1 aromatic carbocycles. The van der Waals surface area contributed by atoms with Gasteiger partial charge >= 0.3 is 6.09 Å². The van der Waals surface area contributed by atoms with Crippen LogP contribution in [0.15, 0.2) is 24.3 Å². The third-order valence-corrected chi connectivity index (χ3v) is 10.3. The van der Waals surface area contributed by atoms with E-state index in [4.69, 9.17) is 4.74 Å². The minimum Gasteiger partial charge on any atom is -0.444 e. The molecule has 0 spiro atoms. The van der Waals surface area contributed by atoms with Crippen molar-refractivity contribution in [3.63, 3.8) is 0 Å². The van der Waals surface area contributed by atoms with Crippen LogP contribution in [0.1, 0.15) is 96.1 Å². The first-order valence-corrected chi connectivity index (χ1v) is 19.3. The molecule has 4 atom stereocenters. The second kappa shape index (κ2) is 20.0. The smallest absolute Gasteiger partial charge is 0.410 e. The Hall–Kier alpha value is -4.82. The molecule has 1 saturated heterocycles. The monoisotopic (exact) mass is 752 g/mol. The number of hydrogen-bond acceptors (Lipinski definition) is 9. The van der Waals surface area contributed by atoms with Gasteiger partial charge in [0.15, 0.2) is 0 Å². The zero-order chi connectivity index (χ0) is 39.4. The average molecular weight is 753 g/mol. The maximum Gasteiger partial charge on any atom is 0.410 e. The SMILES string of the molecule is CCCC(NC(=O)C1CC(OC(=O)N2CCc3ccccc3C2)CN1C(=O)CNC(=O)[C@@H](CC(=O)CCCCC(=O)NC)C(C)C)C(=O)C(=O)NC1CC1. The number of unbranched alkanes of at least 4 members (excludes halogenated alkanes) is 1. The van der Waals surface area contributed by atoms with E-state index in [9.17, 15) is 38.4 Å². The summed E-state index contributed by atoms with van der Waals surface area (Å²) in [6.45, 7) is 5.64. The van der Waals surface area contributed by atoms with Crippen LogP contribution in [-0.2, 0) is 51.3 Å². The van der Waals surface area contributed by atoms with E-state index in [1.165, 1.54) is 4.90 Å². The number of benzene rings is 1. The maximum atomic E-state index is 13.8. The van der Waals surface area contributed by atoms with Gasteiger partial charge < -0.3 is 35.8 Å². The molecule has 54 heavy (non-hydrogen) atoms. The van der Waals surface area contributed by atoms with Crippen molar-refractivity contribution in [3.05, 3.63) is 35.4 Å². The van der Waals surface area contributed by atoms with Gasteiger partial charge in [-0.15, -0.1) is 0 Å². The normalized spacial score (nSPS) is 18.9. The lowest BCUT2D eigenvalue weighted by atomic mass is 9.88. The van der Waals surface area contributed by atoms with E-state index in [-0.39, 0.29) is 55.9 Å². The molecule has 4 N–H and O–H groups in total. The van der Waals surface area contributed by atoms with Crippen molar-refractivity contribution >= 4 is 47.2 Å². The summed E-state index contributed by atoms with van der Waals surface area (Å²) in [7, 11) is 1.55. The van der Waals surface area contributed by atoms with Crippen molar-refractivity contribution in [1.29, 1.82) is 0 Å². The van der Waals surface area contributed by atoms with Gasteiger partial charge in [0.2, 0.25) is 29.4 Å². The molecule has 0 bridgehead atoms. The molecule has 3 aliphatic rings. The van der Waals surface area contributed by atoms with Crippen molar-refractivity contribution in [2.75, 3.05) is 26.7 Å². The summed E-state index contributed by atoms with van der Waals surface area (Å²) in [5.74, 6) is -4.44. The van der Waals surface area contributed by atoms with E-state index < -0.39 is 66.2 Å². The number of ketones is 2. The first-order valence-electron chi connectivity index (χ1n) is 19.3. The van der Waals surface area contributed by atoms with Crippen molar-refractivity contribution < 1.29 is 43.1 Å². The number of rotatable bonds is 19. The number of Topliss-reactive ketones (excluding diaryl/α,β-unsaturated/α-hetero) is 2. The van der Waals surface area contributed by atoms with Crippen LogP contribution >= 0.6 is 0 Å². The van der Waals surface area contributed by atoms with E-state index >= 15 is 0 Å². The fourth-order valence-corrected chi connectivity index (χ4v) is 6.85. The molecule has 2 heterocycles. The van der Waals surface area contributed by atoms with Gasteiger partial charge in [-0.25, -0.2) is 4.79 Å². The van der Waals surface area contributed by atoms with Crippen LogP contribution in [0.5, 0.6) is 0 Å². The Kier molecular flexibility index (Phi) is 15.5. The Labute approximate surface area is 317 Å². The van der Waals surface area contributed by atoms with Gasteiger partial charge in [0.1, 0.15) is 17.9 Å². The summed E-state index contributed by atoms with van der Waals surface area (Å²) in [6, 6.07) is 5.52. The molecule has 2 aliphatic heterocycles. The van der Waals surface area contributed by atoms with Crippen LogP contribution in [0.4, 0.5) is 4.79 Å². The molecule has 3 unspecified atom stereocenters. The van der Waals surface area contributed by atoms with E-state index in [0.717, 1.165) is 24.0 Å². The maximum absolute atomic E-state index is 13.8. The molecule has 0 aromatic heterocycles. The largest absolute Gasteiger partial charge is 0.444 e. The van der Waals surface area contributed by atoms with Crippen molar-refractivity contribution in [1.82, 2.24) is 31.1 Å². The molecule has 1 saturated carbocycles. The Morgan fingerprint density at radius 3 is 2.33 bits per heavy atom. The number of carbonyl (C=O) groups excluding carboxylic acids is 8. The number of amides is 6. The Balaban J connectivity index is 1.41. The summed E-state index contributed by atoms with van der Waals surface area (Å²) in [6.07, 6.45) is 3.05. The van der Waals surface area contributed by atoms with Crippen LogP contribution in [0, 0.1) is 11.8 Å². The minimum atomic E-state index is -1.15. The number of likely N-dealkylation sites (tertiary alicyclic amines) is 1. The topological polar surface area (TPSA) is 200 Å². The van der Waals surface area contributed by atoms with Crippen LogP contribution in [-0.4, -0.2) is 108 Å². The molecular formula is C39H56N6O9. The molecule has 15 heteroatoms. The van der Waals surface area contributed by atoms with E-state index in [0.29, 0.717) is 45.2 Å². The number of ether oxygens (including phenoxy) is 1. The van der Waals surface area contributed by atoms with Gasteiger partial charge in [0.25, 0.3) is 5.91 Å². The number of nitrogens with zero attached hydrogens (tertiary/aromatic N) is 2. The van der Waals surface area contributed by atoms with E-state index in [2.05, 4.69) is 21.3 Å². The molecule has 296 valence electrons. The molecule has 4 rings (SSSR count). The van der Waals surface area contributed by atoms with Crippen LogP contribution in [0.25, 0.3) is 0 Å². The second-order valence-corrected chi connectivity index (χ2v) is 14.9. The molecule has 6 amide bonds. The Morgan fingerprint density at radius 1 is 0.963 bits per heavy atom. The lowest BCUT2D eigenvalue weighted by molar-refractivity contribution is -0.142. The number of hydrogen-bond donors (Lipinski definition) is 4.